The third-order valence-electron chi connectivity index (χ3n) is 3.88. The first-order valence-electron chi connectivity index (χ1n) is 9.17. The molecule has 6 nitrogen and oxygen atoms in total. The Labute approximate surface area is 156 Å². The molecular weight excluding hydrogens is 332 g/mol. The fraction of sp³-hybridized carbons (Fsp3) is 0.600. The summed E-state index contributed by atoms with van der Waals surface area (Å²) in [7, 11) is 0. The minimum atomic E-state index is -1.35. The topological polar surface area (TPSA) is 87.7 Å². The van der Waals surface area contributed by atoms with Gasteiger partial charge in [0.15, 0.2) is 6.10 Å². The number of nitrogens with one attached hydrogen (secondary N) is 2. The van der Waals surface area contributed by atoms with Crippen LogP contribution in [0.2, 0.25) is 0 Å². The van der Waals surface area contributed by atoms with E-state index in [1.54, 1.807) is 20.8 Å². The van der Waals surface area contributed by atoms with Gasteiger partial charge in [-0.25, -0.2) is 4.79 Å². The van der Waals surface area contributed by atoms with Crippen LogP contribution >= 0.6 is 0 Å². The van der Waals surface area contributed by atoms with Gasteiger partial charge in [-0.2, -0.15) is 0 Å². The Bertz CT molecular complexity index is 569. The molecule has 2 amide bonds. The summed E-state index contributed by atoms with van der Waals surface area (Å²) >= 11 is 0. The third kappa shape index (κ3) is 7.87. The minimum absolute atomic E-state index is 0.244. The Kier molecular flexibility index (Phi) is 8.58. The molecule has 1 aromatic carbocycles. The highest BCUT2D eigenvalue weighted by Crippen LogP contribution is 2.14. The molecule has 3 atom stereocenters. The molecule has 0 radical (unpaired) electrons. The standard InChI is InChI=1S/C20H32N2O4/c1-6-7-13-16(22-19(25)26-20(3,4)5)17(23)18(24)21-14(2)15-11-9-8-10-12-15/h8-12,14,16-17,23H,6-7,13H2,1-5H3,(H,21,24)(H,22,25)/t14-,16-,17?/m0/s1. The highest BCUT2D eigenvalue weighted by Gasteiger charge is 2.29. The van der Waals surface area contributed by atoms with Crippen molar-refractivity contribution >= 4 is 12.0 Å². The molecule has 0 spiro atoms. The molecule has 0 heterocycles. The maximum absolute atomic E-state index is 12.4. The van der Waals surface area contributed by atoms with E-state index in [0.29, 0.717) is 6.42 Å². The lowest BCUT2D eigenvalue weighted by Gasteiger charge is -2.27. The molecule has 6 heteroatoms. The van der Waals surface area contributed by atoms with Gasteiger partial charge in [-0.1, -0.05) is 50.1 Å². The first kappa shape index (κ1) is 22.0. The van der Waals surface area contributed by atoms with E-state index in [4.69, 9.17) is 4.74 Å². The zero-order valence-corrected chi connectivity index (χ0v) is 16.4. The predicted molar refractivity (Wildman–Crippen MR) is 102 cm³/mol. The smallest absolute Gasteiger partial charge is 0.407 e. The van der Waals surface area contributed by atoms with E-state index in [2.05, 4.69) is 10.6 Å². The summed E-state index contributed by atoms with van der Waals surface area (Å²) in [6.07, 6.45) is 0.173. The van der Waals surface area contributed by atoms with Crippen molar-refractivity contribution in [1.29, 1.82) is 0 Å². The van der Waals surface area contributed by atoms with Gasteiger partial charge in [-0.15, -0.1) is 0 Å². The lowest BCUT2D eigenvalue weighted by molar-refractivity contribution is -0.131. The molecule has 0 aromatic heterocycles. The number of aliphatic hydroxyl groups excluding tert-OH is 1. The van der Waals surface area contributed by atoms with Crippen LogP contribution in [0.25, 0.3) is 0 Å². The summed E-state index contributed by atoms with van der Waals surface area (Å²) in [4.78, 5) is 24.5. The average molecular weight is 364 g/mol. The first-order chi connectivity index (χ1) is 12.1. The van der Waals surface area contributed by atoms with Crippen molar-refractivity contribution in [3.63, 3.8) is 0 Å². The van der Waals surface area contributed by atoms with Gasteiger partial charge >= 0.3 is 6.09 Å². The van der Waals surface area contributed by atoms with Gasteiger partial charge in [0.1, 0.15) is 5.60 Å². The molecule has 0 saturated heterocycles. The zero-order valence-electron chi connectivity index (χ0n) is 16.4. The minimum Gasteiger partial charge on any atom is -0.444 e. The quantitative estimate of drug-likeness (QED) is 0.660. The average Bonchev–Trinajstić information content (AvgIpc) is 2.57. The van der Waals surface area contributed by atoms with Gasteiger partial charge in [-0.3, -0.25) is 4.79 Å². The Morgan fingerprint density at radius 3 is 2.31 bits per heavy atom. The largest absolute Gasteiger partial charge is 0.444 e. The second-order valence-corrected chi connectivity index (χ2v) is 7.48. The van der Waals surface area contributed by atoms with Crippen molar-refractivity contribution in [3.8, 4) is 0 Å². The maximum Gasteiger partial charge on any atom is 0.407 e. The summed E-state index contributed by atoms with van der Waals surface area (Å²) in [6.45, 7) is 9.14. The number of benzene rings is 1. The normalized spacial score (nSPS) is 14.8. The van der Waals surface area contributed by atoms with E-state index in [9.17, 15) is 14.7 Å². The summed E-state index contributed by atoms with van der Waals surface area (Å²) in [5.74, 6) is -0.515. The SMILES string of the molecule is CCCC[C@H](NC(=O)OC(C)(C)C)C(O)C(=O)N[C@@H](C)c1ccccc1. The summed E-state index contributed by atoms with van der Waals surface area (Å²) in [6, 6.07) is 8.55. The number of hydrogen-bond acceptors (Lipinski definition) is 4. The lowest BCUT2D eigenvalue weighted by atomic mass is 10.0. The van der Waals surface area contributed by atoms with Crippen LogP contribution in [-0.4, -0.2) is 34.9 Å². The molecule has 0 aliphatic rings. The summed E-state index contributed by atoms with van der Waals surface area (Å²) < 4.78 is 5.24. The second kappa shape index (κ2) is 10.2. The van der Waals surface area contributed by atoms with Gasteiger partial charge < -0.3 is 20.5 Å². The van der Waals surface area contributed by atoms with E-state index in [0.717, 1.165) is 18.4 Å². The molecule has 0 aliphatic heterocycles. The highest BCUT2D eigenvalue weighted by molar-refractivity contribution is 5.82. The molecule has 0 fully saturated rings. The summed E-state index contributed by atoms with van der Waals surface area (Å²) in [5, 5.41) is 15.9. The highest BCUT2D eigenvalue weighted by atomic mass is 16.6. The van der Waals surface area contributed by atoms with Gasteiger partial charge in [0, 0.05) is 0 Å². The molecule has 3 N–H and O–H groups in total. The number of ether oxygens (including phenoxy) is 1. The molecule has 0 bridgehead atoms. The Morgan fingerprint density at radius 2 is 1.77 bits per heavy atom. The van der Waals surface area contributed by atoms with Gasteiger partial charge in [-0.05, 0) is 39.7 Å². The van der Waals surface area contributed by atoms with Crippen LogP contribution in [0.3, 0.4) is 0 Å². The van der Waals surface area contributed by atoms with Crippen molar-refractivity contribution in [1.82, 2.24) is 10.6 Å². The van der Waals surface area contributed by atoms with Gasteiger partial charge in [0.05, 0.1) is 12.1 Å². The number of rotatable bonds is 8. The Balaban J connectivity index is 2.72. The van der Waals surface area contributed by atoms with Crippen LogP contribution in [0.5, 0.6) is 0 Å². The predicted octanol–water partition coefficient (Wildman–Crippen LogP) is 3.31. The van der Waals surface area contributed by atoms with Crippen molar-refractivity contribution < 1.29 is 19.4 Å². The van der Waals surface area contributed by atoms with Crippen molar-refractivity contribution in [3.05, 3.63) is 35.9 Å². The Morgan fingerprint density at radius 1 is 1.15 bits per heavy atom. The molecule has 0 aliphatic carbocycles. The number of aliphatic hydroxyl groups is 1. The van der Waals surface area contributed by atoms with Crippen molar-refractivity contribution in [2.45, 2.75) is 77.7 Å². The van der Waals surface area contributed by atoms with Gasteiger partial charge in [0.25, 0.3) is 5.91 Å². The number of carbonyl (C=O) groups is 2. The van der Waals surface area contributed by atoms with Crippen LogP contribution in [-0.2, 0) is 9.53 Å². The van der Waals surface area contributed by atoms with Gasteiger partial charge in [0.2, 0.25) is 0 Å². The fourth-order valence-corrected chi connectivity index (χ4v) is 2.50. The maximum atomic E-state index is 12.4. The number of amides is 2. The molecule has 1 rings (SSSR count). The van der Waals surface area contributed by atoms with Crippen molar-refractivity contribution in [2.75, 3.05) is 0 Å². The Hall–Kier alpha value is -2.08. The number of hydrogen-bond donors (Lipinski definition) is 3. The van der Waals surface area contributed by atoms with Crippen molar-refractivity contribution in [2.24, 2.45) is 0 Å². The zero-order chi connectivity index (χ0) is 19.7. The number of carbonyl (C=O) groups excluding carboxylic acids is 2. The van der Waals surface area contributed by atoms with E-state index in [1.165, 1.54) is 0 Å². The molecule has 146 valence electrons. The lowest BCUT2D eigenvalue weighted by Crippen LogP contribution is -2.51. The van der Waals surface area contributed by atoms with E-state index in [-0.39, 0.29) is 6.04 Å². The summed E-state index contributed by atoms with van der Waals surface area (Å²) in [5.41, 5.74) is 0.298. The van der Waals surface area contributed by atoms with Crippen LogP contribution in [0.15, 0.2) is 30.3 Å². The molecular formula is C20H32N2O4. The fourth-order valence-electron chi connectivity index (χ4n) is 2.50. The molecule has 26 heavy (non-hydrogen) atoms. The van der Waals surface area contributed by atoms with Crippen LogP contribution in [0, 0.1) is 0 Å². The number of unbranched alkanes of at least 4 members (excludes halogenated alkanes) is 1. The second-order valence-electron chi connectivity index (χ2n) is 7.48. The molecule has 1 unspecified atom stereocenters. The van der Waals surface area contributed by atoms with Crippen LogP contribution < -0.4 is 10.6 Å². The number of alkyl carbamates (subject to hydrolysis) is 1. The first-order valence-corrected chi connectivity index (χ1v) is 9.17. The van der Waals surface area contributed by atoms with E-state index < -0.39 is 29.7 Å². The monoisotopic (exact) mass is 364 g/mol. The molecule has 1 aromatic rings. The van der Waals surface area contributed by atoms with E-state index >= 15 is 0 Å². The third-order valence-corrected chi connectivity index (χ3v) is 3.88. The molecule has 0 saturated carbocycles. The van der Waals surface area contributed by atoms with E-state index in [1.807, 2.05) is 44.2 Å². The van der Waals surface area contributed by atoms with Crippen LogP contribution in [0.1, 0.15) is 65.5 Å². The van der Waals surface area contributed by atoms with Crippen LogP contribution in [0.4, 0.5) is 4.79 Å².